The van der Waals surface area contributed by atoms with Gasteiger partial charge in [0.15, 0.2) is 0 Å². The van der Waals surface area contributed by atoms with Gasteiger partial charge in [0, 0.05) is 12.8 Å². The van der Waals surface area contributed by atoms with E-state index in [0.717, 1.165) is 0 Å². The van der Waals surface area contributed by atoms with Crippen molar-refractivity contribution >= 4 is 12.4 Å². The van der Waals surface area contributed by atoms with Crippen LogP contribution in [-0.4, -0.2) is 18.0 Å². The molecule has 1 saturated carbocycles. The highest BCUT2D eigenvalue weighted by atomic mass is 16.6. The Morgan fingerprint density at radius 3 is 2.64 bits per heavy atom. The summed E-state index contributed by atoms with van der Waals surface area (Å²) in [6.45, 7) is 0.186. The summed E-state index contributed by atoms with van der Waals surface area (Å²) in [5, 5.41) is 7.96. The maximum Gasteiger partial charge on any atom is 0.365 e. The fourth-order valence-electron chi connectivity index (χ4n) is 0.710. The smallest absolute Gasteiger partial charge is 0.365 e. The standard InChI is InChI=1S/C6H5NO4/c7-3-10-5(9)6(1-2-6)11-4-8/h4H,1-2H2. The second kappa shape index (κ2) is 2.58. The molecule has 0 spiro atoms. The molecular formula is C6H5NO4. The quantitative estimate of drug-likeness (QED) is 0.318. The lowest BCUT2D eigenvalue weighted by atomic mass is 10.3. The second-order valence-electron chi connectivity index (χ2n) is 2.19. The van der Waals surface area contributed by atoms with E-state index in [0.29, 0.717) is 12.8 Å². The number of carbonyl (C=O) groups is 2. The zero-order valence-electron chi connectivity index (χ0n) is 5.57. The Labute approximate surface area is 62.5 Å². The summed E-state index contributed by atoms with van der Waals surface area (Å²) in [4.78, 5) is 20.6. The van der Waals surface area contributed by atoms with Crippen LogP contribution in [0.2, 0.25) is 0 Å². The van der Waals surface area contributed by atoms with Crippen molar-refractivity contribution in [2.24, 2.45) is 0 Å². The minimum absolute atomic E-state index is 0.186. The summed E-state index contributed by atoms with van der Waals surface area (Å²) in [7, 11) is 0. The first-order valence-corrected chi connectivity index (χ1v) is 2.97. The molecule has 0 aromatic carbocycles. The van der Waals surface area contributed by atoms with Gasteiger partial charge in [-0.05, 0) is 0 Å². The molecule has 0 N–H and O–H groups in total. The predicted octanol–water partition coefficient (Wildman–Crippen LogP) is -0.284. The van der Waals surface area contributed by atoms with Gasteiger partial charge in [0.25, 0.3) is 12.7 Å². The van der Waals surface area contributed by atoms with Crippen LogP contribution in [0.3, 0.4) is 0 Å². The molecule has 0 amide bonds. The van der Waals surface area contributed by atoms with Crippen LogP contribution < -0.4 is 0 Å². The fraction of sp³-hybridized carbons (Fsp3) is 0.500. The van der Waals surface area contributed by atoms with Crippen molar-refractivity contribution in [3.63, 3.8) is 0 Å². The molecule has 0 aromatic heterocycles. The van der Waals surface area contributed by atoms with Crippen molar-refractivity contribution in [3.8, 4) is 6.26 Å². The molecule has 5 heteroatoms. The van der Waals surface area contributed by atoms with Crippen molar-refractivity contribution < 1.29 is 19.1 Å². The summed E-state index contributed by atoms with van der Waals surface area (Å²) in [6.07, 6.45) is 2.10. The number of rotatable bonds is 3. The monoisotopic (exact) mass is 155 g/mol. The number of hydrogen-bond acceptors (Lipinski definition) is 5. The number of nitrogens with zero attached hydrogens (tertiary/aromatic N) is 1. The minimum Gasteiger partial charge on any atom is -0.449 e. The van der Waals surface area contributed by atoms with Crippen LogP contribution in [0, 0.1) is 11.5 Å². The molecule has 1 fully saturated rings. The van der Waals surface area contributed by atoms with Gasteiger partial charge in [-0.3, -0.25) is 4.79 Å². The number of nitriles is 1. The fourth-order valence-corrected chi connectivity index (χ4v) is 0.710. The van der Waals surface area contributed by atoms with E-state index in [1.165, 1.54) is 6.26 Å². The van der Waals surface area contributed by atoms with E-state index in [4.69, 9.17) is 5.26 Å². The molecule has 0 atom stereocenters. The van der Waals surface area contributed by atoms with Crippen LogP contribution in [0.15, 0.2) is 0 Å². The van der Waals surface area contributed by atoms with Gasteiger partial charge >= 0.3 is 5.97 Å². The summed E-state index contributed by atoms with van der Waals surface area (Å²) in [6, 6.07) is 0. The first kappa shape index (κ1) is 7.54. The van der Waals surface area contributed by atoms with Gasteiger partial charge in [0.1, 0.15) is 0 Å². The normalized spacial score (nSPS) is 17.7. The highest BCUT2D eigenvalue weighted by Crippen LogP contribution is 2.39. The van der Waals surface area contributed by atoms with Crippen molar-refractivity contribution in [1.29, 1.82) is 5.26 Å². The third kappa shape index (κ3) is 1.29. The molecule has 58 valence electrons. The van der Waals surface area contributed by atoms with Crippen molar-refractivity contribution in [1.82, 2.24) is 0 Å². The van der Waals surface area contributed by atoms with Gasteiger partial charge in [-0.2, -0.15) is 0 Å². The summed E-state index contributed by atoms with van der Waals surface area (Å²) >= 11 is 0. The number of carbonyl (C=O) groups excluding carboxylic acids is 2. The van der Waals surface area contributed by atoms with Gasteiger partial charge in [0.05, 0.1) is 0 Å². The highest BCUT2D eigenvalue weighted by Gasteiger charge is 2.54. The van der Waals surface area contributed by atoms with E-state index in [2.05, 4.69) is 9.47 Å². The predicted molar refractivity (Wildman–Crippen MR) is 30.8 cm³/mol. The maximum absolute atomic E-state index is 10.8. The molecule has 0 unspecified atom stereocenters. The third-order valence-corrected chi connectivity index (χ3v) is 1.49. The molecule has 1 rings (SSSR count). The number of ether oxygens (including phenoxy) is 2. The Kier molecular flexibility index (Phi) is 1.77. The third-order valence-electron chi connectivity index (χ3n) is 1.49. The topological polar surface area (TPSA) is 76.4 Å². The first-order chi connectivity index (χ1) is 5.25. The first-order valence-electron chi connectivity index (χ1n) is 2.97. The van der Waals surface area contributed by atoms with Crippen molar-refractivity contribution in [2.45, 2.75) is 18.4 Å². The molecule has 0 aromatic rings. The zero-order valence-corrected chi connectivity index (χ0v) is 5.57. The largest absolute Gasteiger partial charge is 0.449 e. The average Bonchev–Trinajstić information content (AvgIpc) is 2.71. The Morgan fingerprint density at radius 1 is 1.64 bits per heavy atom. The lowest BCUT2D eigenvalue weighted by Crippen LogP contribution is -2.26. The number of hydrogen-bond donors (Lipinski definition) is 0. The SMILES string of the molecule is N#COC(=O)C1(OC=O)CC1. The van der Waals surface area contributed by atoms with E-state index in [1.54, 1.807) is 0 Å². The molecule has 1 aliphatic carbocycles. The van der Waals surface area contributed by atoms with Crippen LogP contribution in [-0.2, 0) is 19.1 Å². The summed E-state index contributed by atoms with van der Waals surface area (Å²) < 4.78 is 8.45. The van der Waals surface area contributed by atoms with Gasteiger partial charge in [-0.1, -0.05) is 0 Å². The molecule has 5 nitrogen and oxygen atoms in total. The average molecular weight is 155 g/mol. The van der Waals surface area contributed by atoms with Crippen LogP contribution in [0.4, 0.5) is 0 Å². The van der Waals surface area contributed by atoms with Gasteiger partial charge in [-0.15, -0.1) is 5.26 Å². The molecule has 0 bridgehead atoms. The molecule has 0 heterocycles. The number of esters is 1. The highest BCUT2D eigenvalue weighted by molar-refractivity contribution is 5.84. The van der Waals surface area contributed by atoms with Crippen LogP contribution in [0.1, 0.15) is 12.8 Å². The molecule has 0 saturated heterocycles. The van der Waals surface area contributed by atoms with E-state index in [9.17, 15) is 9.59 Å². The molecule has 0 radical (unpaired) electrons. The maximum atomic E-state index is 10.8. The van der Waals surface area contributed by atoms with Gasteiger partial charge in [-0.25, -0.2) is 4.79 Å². The second-order valence-corrected chi connectivity index (χ2v) is 2.19. The lowest BCUT2D eigenvalue weighted by molar-refractivity contribution is -0.159. The lowest BCUT2D eigenvalue weighted by Gasteiger charge is -2.06. The minimum atomic E-state index is -1.14. The molecule has 11 heavy (non-hydrogen) atoms. The Balaban J connectivity index is 2.52. The van der Waals surface area contributed by atoms with E-state index >= 15 is 0 Å². The van der Waals surface area contributed by atoms with E-state index in [-0.39, 0.29) is 6.47 Å². The van der Waals surface area contributed by atoms with Crippen LogP contribution in [0.5, 0.6) is 0 Å². The molecule has 0 aliphatic heterocycles. The van der Waals surface area contributed by atoms with Crippen LogP contribution >= 0.6 is 0 Å². The Bertz CT molecular complexity index is 225. The summed E-state index contributed by atoms with van der Waals surface area (Å²) in [5.74, 6) is -0.785. The Hall–Kier alpha value is -1.57. The molecular weight excluding hydrogens is 150 g/mol. The zero-order chi connectivity index (χ0) is 8.32. The van der Waals surface area contributed by atoms with E-state index < -0.39 is 11.6 Å². The van der Waals surface area contributed by atoms with Gasteiger partial charge in [0.2, 0.25) is 5.60 Å². The Morgan fingerprint density at radius 2 is 2.27 bits per heavy atom. The van der Waals surface area contributed by atoms with Crippen LogP contribution in [0.25, 0.3) is 0 Å². The summed E-state index contributed by atoms with van der Waals surface area (Å²) in [5.41, 5.74) is -1.14. The van der Waals surface area contributed by atoms with Crippen molar-refractivity contribution in [2.75, 3.05) is 0 Å². The van der Waals surface area contributed by atoms with Gasteiger partial charge < -0.3 is 9.47 Å². The van der Waals surface area contributed by atoms with E-state index in [1.807, 2.05) is 0 Å². The molecule has 1 aliphatic rings. The van der Waals surface area contributed by atoms with Crippen molar-refractivity contribution in [3.05, 3.63) is 0 Å².